The number of benzene rings is 2. The highest BCUT2D eigenvalue weighted by Gasteiger charge is 2.17. The first-order chi connectivity index (χ1) is 14.7. The topological polar surface area (TPSA) is 64.2 Å². The predicted molar refractivity (Wildman–Crippen MR) is 116 cm³/mol. The molecule has 0 aliphatic heterocycles. The molecule has 0 fully saturated rings. The maximum absolute atomic E-state index is 12.7. The minimum Gasteiger partial charge on any atom is -0.454 e. The summed E-state index contributed by atoms with van der Waals surface area (Å²) < 4.78 is 7.21. The van der Waals surface area contributed by atoms with Gasteiger partial charge in [0.15, 0.2) is 5.76 Å². The van der Waals surface area contributed by atoms with Crippen LogP contribution in [0.3, 0.4) is 0 Å². The van der Waals surface area contributed by atoms with Gasteiger partial charge in [-0.3, -0.25) is 9.59 Å². The maximum Gasteiger partial charge on any atom is 0.287 e. The summed E-state index contributed by atoms with van der Waals surface area (Å²) in [5.74, 6) is 0.539. The number of aromatic nitrogens is 1. The molecule has 0 radical (unpaired) electrons. The number of hydrogen-bond donors (Lipinski definition) is 1. The summed E-state index contributed by atoms with van der Waals surface area (Å²) in [4.78, 5) is 24.5. The van der Waals surface area contributed by atoms with Crippen LogP contribution in [-0.2, 0) is 6.54 Å². The molecule has 1 amide bonds. The summed E-state index contributed by atoms with van der Waals surface area (Å²) in [7, 11) is 0. The highest BCUT2D eigenvalue weighted by Crippen LogP contribution is 2.24. The smallest absolute Gasteiger partial charge is 0.287 e. The van der Waals surface area contributed by atoms with Crippen LogP contribution >= 0.6 is 0 Å². The van der Waals surface area contributed by atoms with Crippen LogP contribution in [0.4, 0.5) is 0 Å². The monoisotopic (exact) mass is 398 g/mol. The number of nitrogens with one attached hydrogen (secondary N) is 1. The highest BCUT2D eigenvalue weighted by molar-refractivity contribution is 5.91. The first-order valence-corrected chi connectivity index (χ1v) is 9.83. The molecular weight excluding hydrogens is 376 g/mol. The molecule has 30 heavy (non-hydrogen) atoms. The van der Waals surface area contributed by atoms with E-state index in [1.54, 1.807) is 30.5 Å². The van der Waals surface area contributed by atoms with Gasteiger partial charge in [-0.05, 0) is 29.3 Å². The van der Waals surface area contributed by atoms with E-state index in [1.165, 1.54) is 10.6 Å². The third-order valence-electron chi connectivity index (χ3n) is 4.98. The second-order valence-electron chi connectivity index (χ2n) is 7.02. The minimum absolute atomic E-state index is 0.0358. The van der Waals surface area contributed by atoms with Crippen LogP contribution in [0.2, 0.25) is 0 Å². The zero-order valence-electron chi connectivity index (χ0n) is 16.4. The second kappa shape index (κ2) is 9.09. The Labute approximate surface area is 174 Å². The van der Waals surface area contributed by atoms with Crippen molar-refractivity contribution in [3.63, 3.8) is 0 Å². The fourth-order valence-electron chi connectivity index (χ4n) is 3.42. The summed E-state index contributed by atoms with van der Waals surface area (Å²) in [6.45, 7) is 0.727. The zero-order chi connectivity index (χ0) is 20.8. The van der Waals surface area contributed by atoms with Gasteiger partial charge in [-0.25, -0.2) is 0 Å². The molecule has 1 N–H and O–H groups in total. The SMILES string of the molecule is O=C(NCC(c1ccccc1)c1ccccc1)c1ccc(Cn2ccccc2=O)o1. The van der Waals surface area contributed by atoms with E-state index in [2.05, 4.69) is 29.6 Å². The summed E-state index contributed by atoms with van der Waals surface area (Å²) >= 11 is 0. The fraction of sp³-hybridized carbons (Fsp3) is 0.120. The zero-order valence-corrected chi connectivity index (χ0v) is 16.4. The number of carbonyl (C=O) groups excluding carboxylic acids is 1. The molecule has 2 aromatic heterocycles. The minimum atomic E-state index is -0.279. The van der Waals surface area contributed by atoms with Crippen molar-refractivity contribution < 1.29 is 9.21 Å². The van der Waals surface area contributed by atoms with E-state index < -0.39 is 0 Å². The van der Waals surface area contributed by atoms with Crippen molar-refractivity contribution in [1.29, 1.82) is 0 Å². The summed E-state index contributed by atoms with van der Waals surface area (Å²) in [5.41, 5.74) is 2.15. The van der Waals surface area contributed by atoms with Gasteiger partial charge in [-0.1, -0.05) is 66.7 Å². The summed E-state index contributed by atoms with van der Waals surface area (Å²) in [5, 5.41) is 2.98. The number of carbonyl (C=O) groups is 1. The van der Waals surface area contributed by atoms with Crippen molar-refractivity contribution >= 4 is 5.91 Å². The number of pyridine rings is 1. The Balaban J connectivity index is 1.46. The van der Waals surface area contributed by atoms with Gasteiger partial charge in [0.05, 0.1) is 6.54 Å². The quantitative estimate of drug-likeness (QED) is 0.511. The third kappa shape index (κ3) is 4.58. The van der Waals surface area contributed by atoms with Crippen molar-refractivity contribution in [1.82, 2.24) is 9.88 Å². The van der Waals surface area contributed by atoms with Gasteiger partial charge >= 0.3 is 0 Å². The molecule has 150 valence electrons. The first kappa shape index (κ1) is 19.5. The van der Waals surface area contributed by atoms with Gasteiger partial charge < -0.3 is 14.3 Å². The molecular formula is C25H22N2O3. The molecule has 0 bridgehead atoms. The molecule has 0 aliphatic carbocycles. The van der Waals surface area contributed by atoms with Crippen molar-refractivity contribution in [3.8, 4) is 0 Å². The van der Waals surface area contributed by atoms with E-state index in [9.17, 15) is 9.59 Å². The largest absolute Gasteiger partial charge is 0.454 e. The Morgan fingerprint density at radius 3 is 2.10 bits per heavy atom. The molecule has 2 aromatic carbocycles. The fourth-order valence-corrected chi connectivity index (χ4v) is 3.42. The summed E-state index contributed by atoms with van der Waals surface area (Å²) in [6, 6.07) is 28.5. The van der Waals surface area contributed by atoms with E-state index in [0.29, 0.717) is 12.3 Å². The lowest BCUT2D eigenvalue weighted by Gasteiger charge is -2.18. The second-order valence-corrected chi connectivity index (χ2v) is 7.02. The van der Waals surface area contributed by atoms with Crippen molar-refractivity contribution in [3.05, 3.63) is 130 Å². The molecule has 5 nitrogen and oxygen atoms in total. The Hall–Kier alpha value is -3.86. The van der Waals surface area contributed by atoms with Crippen LogP contribution in [0.1, 0.15) is 33.4 Å². The number of rotatable bonds is 7. The number of nitrogens with zero attached hydrogens (tertiary/aromatic N) is 1. The van der Waals surface area contributed by atoms with Gasteiger partial charge in [-0.15, -0.1) is 0 Å². The van der Waals surface area contributed by atoms with Gasteiger partial charge in [0, 0.05) is 24.7 Å². The molecule has 0 saturated heterocycles. The van der Waals surface area contributed by atoms with E-state index in [0.717, 1.165) is 11.1 Å². The molecule has 0 saturated carbocycles. The van der Waals surface area contributed by atoms with Crippen LogP contribution in [0.5, 0.6) is 0 Å². The average Bonchev–Trinajstić information content (AvgIpc) is 3.26. The van der Waals surface area contributed by atoms with Crippen LogP contribution in [0.15, 0.2) is 106 Å². The third-order valence-corrected chi connectivity index (χ3v) is 4.98. The van der Waals surface area contributed by atoms with E-state index in [4.69, 9.17) is 4.42 Å². The van der Waals surface area contributed by atoms with Gasteiger partial charge in [0.25, 0.3) is 11.5 Å². The van der Waals surface area contributed by atoms with Crippen LogP contribution in [0, 0.1) is 0 Å². The van der Waals surface area contributed by atoms with E-state index in [-0.39, 0.29) is 29.7 Å². The molecule has 2 heterocycles. The number of hydrogen-bond acceptors (Lipinski definition) is 3. The Morgan fingerprint density at radius 2 is 1.47 bits per heavy atom. The lowest BCUT2D eigenvalue weighted by molar-refractivity contribution is 0.0922. The highest BCUT2D eigenvalue weighted by atomic mass is 16.4. The molecule has 0 spiro atoms. The van der Waals surface area contributed by atoms with Crippen LogP contribution in [0.25, 0.3) is 0 Å². The standard InChI is InChI=1S/C25H22N2O3/c28-24-13-7-8-16-27(24)18-21-14-15-23(30-21)25(29)26-17-22(19-9-3-1-4-10-19)20-11-5-2-6-12-20/h1-16,22H,17-18H2,(H,26,29). The predicted octanol–water partition coefficient (Wildman–Crippen LogP) is 4.05. The lowest BCUT2D eigenvalue weighted by Crippen LogP contribution is -2.28. The van der Waals surface area contributed by atoms with Crippen LogP contribution in [-0.4, -0.2) is 17.0 Å². The maximum atomic E-state index is 12.7. The molecule has 5 heteroatoms. The van der Waals surface area contributed by atoms with Gasteiger partial charge in [0.2, 0.25) is 0 Å². The number of amides is 1. The Kier molecular flexibility index (Phi) is 5.90. The average molecular weight is 398 g/mol. The lowest BCUT2D eigenvalue weighted by atomic mass is 9.91. The van der Waals surface area contributed by atoms with Crippen LogP contribution < -0.4 is 10.9 Å². The Morgan fingerprint density at radius 1 is 0.833 bits per heavy atom. The van der Waals surface area contributed by atoms with Gasteiger partial charge in [-0.2, -0.15) is 0 Å². The normalized spacial score (nSPS) is 10.8. The van der Waals surface area contributed by atoms with Crippen molar-refractivity contribution in [2.24, 2.45) is 0 Å². The van der Waals surface area contributed by atoms with Gasteiger partial charge in [0.1, 0.15) is 5.76 Å². The number of furan rings is 1. The van der Waals surface area contributed by atoms with E-state index in [1.807, 2.05) is 36.4 Å². The molecule has 4 aromatic rings. The van der Waals surface area contributed by atoms with Crippen molar-refractivity contribution in [2.75, 3.05) is 6.54 Å². The van der Waals surface area contributed by atoms with Crippen molar-refractivity contribution in [2.45, 2.75) is 12.5 Å². The Bertz CT molecular complexity index is 1120. The molecule has 0 atom stereocenters. The van der Waals surface area contributed by atoms with E-state index >= 15 is 0 Å². The first-order valence-electron chi connectivity index (χ1n) is 9.83. The molecule has 0 aliphatic rings. The molecule has 0 unspecified atom stereocenters. The molecule has 4 rings (SSSR count). The summed E-state index contributed by atoms with van der Waals surface area (Å²) in [6.07, 6.45) is 1.69.